The van der Waals surface area contributed by atoms with E-state index in [1.54, 1.807) is 0 Å². The fourth-order valence-electron chi connectivity index (χ4n) is 3.06. The van der Waals surface area contributed by atoms with Gasteiger partial charge in [0.15, 0.2) is 0 Å². The van der Waals surface area contributed by atoms with E-state index in [-0.39, 0.29) is 0 Å². The van der Waals surface area contributed by atoms with Crippen LogP contribution in [-0.2, 0) is 0 Å². The second kappa shape index (κ2) is 3.53. The molecule has 2 fully saturated rings. The van der Waals surface area contributed by atoms with Gasteiger partial charge in [-0.1, -0.05) is 0 Å². The molecule has 1 aromatic heterocycles. The molecule has 0 bridgehead atoms. The molecule has 0 unspecified atom stereocenters. The first-order valence-electron chi connectivity index (χ1n) is 6.52. The summed E-state index contributed by atoms with van der Waals surface area (Å²) in [5, 5.41) is 9.18. The second-order valence-electron chi connectivity index (χ2n) is 5.62. The largest absolute Gasteiger partial charge is 0.384 e. The normalized spacial score (nSPS) is 19.6. The van der Waals surface area contributed by atoms with Crippen LogP contribution in [0.1, 0.15) is 48.5 Å². The van der Waals surface area contributed by atoms with Crippen molar-refractivity contribution >= 4 is 5.82 Å². The van der Waals surface area contributed by atoms with E-state index in [9.17, 15) is 5.26 Å². The van der Waals surface area contributed by atoms with Crippen molar-refractivity contribution in [3.8, 4) is 6.07 Å². The topological polar surface area (TPSA) is 54.7 Å². The lowest BCUT2D eigenvalue weighted by molar-refractivity contribution is 0.394. The summed E-state index contributed by atoms with van der Waals surface area (Å²) in [6, 6.07) is 2.82. The van der Waals surface area contributed by atoms with Gasteiger partial charge in [-0.25, -0.2) is 0 Å². The first-order chi connectivity index (χ1) is 8.15. The predicted molar refractivity (Wildman–Crippen MR) is 67.5 cm³/mol. The van der Waals surface area contributed by atoms with Crippen molar-refractivity contribution < 1.29 is 0 Å². The quantitative estimate of drug-likeness (QED) is 0.866. The molecule has 3 nitrogen and oxygen atoms in total. The molecule has 0 aliphatic heterocycles. The average Bonchev–Trinajstić information content (AvgIpc) is 3.15. The van der Waals surface area contributed by atoms with E-state index in [1.165, 1.54) is 31.4 Å². The van der Waals surface area contributed by atoms with E-state index in [2.05, 4.69) is 17.6 Å². The predicted octanol–water partition coefficient (Wildman–Crippen LogP) is 2.92. The number of hydrogen-bond acceptors (Lipinski definition) is 2. The molecule has 3 rings (SSSR count). The van der Waals surface area contributed by atoms with Crippen LogP contribution in [0.4, 0.5) is 5.82 Å². The maximum atomic E-state index is 9.18. The van der Waals surface area contributed by atoms with E-state index < -0.39 is 0 Å². The maximum Gasteiger partial charge on any atom is 0.122 e. The Bertz CT molecular complexity index is 487. The minimum atomic E-state index is 0.566. The van der Waals surface area contributed by atoms with Crippen LogP contribution in [0.2, 0.25) is 0 Å². The van der Waals surface area contributed by atoms with Crippen LogP contribution in [0.15, 0.2) is 0 Å². The van der Waals surface area contributed by atoms with Gasteiger partial charge in [0, 0.05) is 11.7 Å². The third-order valence-electron chi connectivity index (χ3n) is 4.41. The fraction of sp³-hybridized carbons (Fsp3) is 0.643. The summed E-state index contributed by atoms with van der Waals surface area (Å²) in [6.07, 6.45) is 5.33. The molecule has 0 radical (unpaired) electrons. The second-order valence-corrected chi connectivity index (χ2v) is 5.62. The molecule has 0 spiro atoms. The zero-order valence-corrected chi connectivity index (χ0v) is 10.5. The Morgan fingerprint density at radius 1 is 1.24 bits per heavy atom. The molecular formula is C14H19N3. The van der Waals surface area contributed by atoms with Gasteiger partial charge in [-0.05, 0) is 56.9 Å². The molecule has 1 heterocycles. The van der Waals surface area contributed by atoms with Crippen LogP contribution >= 0.6 is 0 Å². The Labute approximate surface area is 102 Å². The van der Waals surface area contributed by atoms with Crippen molar-refractivity contribution in [3.05, 3.63) is 16.8 Å². The van der Waals surface area contributed by atoms with E-state index in [0.29, 0.717) is 17.4 Å². The average molecular weight is 229 g/mol. The zero-order valence-electron chi connectivity index (χ0n) is 10.5. The molecular weight excluding hydrogens is 210 g/mol. The molecule has 2 saturated carbocycles. The van der Waals surface area contributed by atoms with E-state index in [0.717, 1.165) is 17.4 Å². The van der Waals surface area contributed by atoms with Crippen molar-refractivity contribution in [2.45, 2.75) is 45.6 Å². The van der Waals surface area contributed by atoms with E-state index >= 15 is 0 Å². The fourth-order valence-corrected chi connectivity index (χ4v) is 3.06. The van der Waals surface area contributed by atoms with Crippen molar-refractivity contribution in [1.82, 2.24) is 4.57 Å². The van der Waals surface area contributed by atoms with Gasteiger partial charge < -0.3 is 10.3 Å². The summed E-state index contributed by atoms with van der Waals surface area (Å²) in [4.78, 5) is 0. The third-order valence-corrected chi connectivity index (χ3v) is 4.41. The van der Waals surface area contributed by atoms with Gasteiger partial charge in [-0.15, -0.1) is 0 Å². The lowest BCUT2D eigenvalue weighted by atomic mass is 10.1. The molecule has 0 atom stereocenters. The molecule has 0 amide bonds. The third kappa shape index (κ3) is 1.55. The van der Waals surface area contributed by atoms with Crippen LogP contribution < -0.4 is 5.73 Å². The Morgan fingerprint density at radius 2 is 1.76 bits per heavy atom. The monoisotopic (exact) mass is 229 g/mol. The highest BCUT2D eigenvalue weighted by Crippen LogP contribution is 2.53. The molecule has 3 heteroatoms. The zero-order chi connectivity index (χ0) is 12.2. The SMILES string of the molecule is Cc1c(C#N)c(N)n(C(C2CC2)C2CC2)c1C. The van der Waals surface area contributed by atoms with Gasteiger partial charge in [0.2, 0.25) is 0 Å². The van der Waals surface area contributed by atoms with Gasteiger partial charge in [-0.2, -0.15) is 5.26 Å². The van der Waals surface area contributed by atoms with E-state index in [1.807, 2.05) is 6.92 Å². The van der Waals surface area contributed by atoms with Crippen molar-refractivity contribution in [2.24, 2.45) is 11.8 Å². The van der Waals surface area contributed by atoms with Crippen LogP contribution in [0, 0.1) is 37.0 Å². The van der Waals surface area contributed by atoms with Crippen molar-refractivity contribution in [3.63, 3.8) is 0 Å². The first-order valence-corrected chi connectivity index (χ1v) is 6.52. The molecule has 90 valence electrons. The van der Waals surface area contributed by atoms with Gasteiger partial charge >= 0.3 is 0 Å². The molecule has 2 N–H and O–H groups in total. The Hall–Kier alpha value is -1.43. The van der Waals surface area contributed by atoms with Crippen molar-refractivity contribution in [1.29, 1.82) is 5.26 Å². The van der Waals surface area contributed by atoms with Crippen molar-refractivity contribution in [2.75, 3.05) is 5.73 Å². The highest BCUT2D eigenvalue weighted by Gasteiger charge is 2.44. The van der Waals surface area contributed by atoms with Gasteiger partial charge in [0.05, 0.1) is 5.56 Å². The summed E-state index contributed by atoms with van der Waals surface area (Å²) in [6.45, 7) is 4.11. The number of nitrogen functional groups attached to an aromatic ring is 1. The summed E-state index contributed by atoms with van der Waals surface area (Å²) < 4.78 is 2.27. The van der Waals surface area contributed by atoms with Gasteiger partial charge in [0.1, 0.15) is 11.9 Å². The van der Waals surface area contributed by atoms with Crippen LogP contribution in [0.3, 0.4) is 0 Å². The number of aromatic nitrogens is 1. The first kappa shape index (κ1) is 10.7. The Morgan fingerprint density at radius 3 is 2.12 bits per heavy atom. The maximum absolute atomic E-state index is 9.18. The lowest BCUT2D eigenvalue weighted by Gasteiger charge is -2.22. The number of hydrogen-bond donors (Lipinski definition) is 1. The number of nitrogens with zero attached hydrogens (tertiary/aromatic N) is 2. The minimum absolute atomic E-state index is 0.566. The summed E-state index contributed by atoms with van der Waals surface area (Å²) >= 11 is 0. The highest BCUT2D eigenvalue weighted by atomic mass is 15.1. The summed E-state index contributed by atoms with van der Waals surface area (Å²) in [5.74, 6) is 2.31. The highest BCUT2D eigenvalue weighted by molar-refractivity contribution is 5.58. The lowest BCUT2D eigenvalue weighted by Crippen LogP contribution is -2.17. The van der Waals surface area contributed by atoms with Crippen LogP contribution in [0.25, 0.3) is 0 Å². The van der Waals surface area contributed by atoms with Crippen LogP contribution in [0.5, 0.6) is 0 Å². The minimum Gasteiger partial charge on any atom is -0.384 e. The molecule has 2 aliphatic carbocycles. The Balaban J connectivity index is 2.09. The van der Waals surface area contributed by atoms with Crippen LogP contribution in [-0.4, -0.2) is 4.57 Å². The number of nitrogens with two attached hydrogens (primary N) is 1. The number of nitriles is 1. The van der Waals surface area contributed by atoms with Gasteiger partial charge in [-0.3, -0.25) is 0 Å². The van der Waals surface area contributed by atoms with Gasteiger partial charge in [0.25, 0.3) is 0 Å². The van der Waals surface area contributed by atoms with E-state index in [4.69, 9.17) is 5.73 Å². The molecule has 0 aromatic carbocycles. The molecule has 0 saturated heterocycles. The number of anilines is 1. The Kier molecular flexibility index (Phi) is 2.22. The molecule has 1 aromatic rings. The molecule has 2 aliphatic rings. The molecule has 17 heavy (non-hydrogen) atoms. The standard InChI is InChI=1S/C14H19N3/c1-8-9(2)17(14(16)12(8)7-15)13(10-3-4-10)11-5-6-11/h10-11,13H,3-6,16H2,1-2H3. The summed E-state index contributed by atoms with van der Waals surface area (Å²) in [7, 11) is 0. The summed E-state index contributed by atoms with van der Waals surface area (Å²) in [5.41, 5.74) is 9.14. The smallest absolute Gasteiger partial charge is 0.122 e. The number of rotatable bonds is 3.